The maximum absolute atomic E-state index is 11.3. The van der Waals surface area contributed by atoms with E-state index in [4.69, 9.17) is 9.72 Å². The Morgan fingerprint density at radius 3 is 2.53 bits per heavy atom. The summed E-state index contributed by atoms with van der Waals surface area (Å²) in [4.78, 5) is 29.3. The molecule has 0 amide bonds. The minimum absolute atomic E-state index is 0.00850. The minimum Gasteiger partial charge on any atom is -0.486 e. The molecule has 3 heterocycles. The van der Waals surface area contributed by atoms with Crippen LogP contribution in [-0.4, -0.2) is 35.6 Å². The zero-order chi connectivity index (χ0) is 25.9. The van der Waals surface area contributed by atoms with Crippen LogP contribution in [0.1, 0.15) is 22.8 Å². The van der Waals surface area contributed by atoms with Crippen molar-refractivity contribution in [3.63, 3.8) is 0 Å². The number of rotatable bonds is 9. The SMILES string of the molecule is O=C(O)CCc1nc2cc(OCc3nc4ccccc4s3)ccc2n1Cc1ccc(-c2ncccn2)cc1. The molecule has 0 saturated heterocycles. The third kappa shape index (κ3) is 5.09. The van der Waals surface area contributed by atoms with Crippen molar-refractivity contribution < 1.29 is 14.6 Å². The van der Waals surface area contributed by atoms with Crippen LogP contribution in [0.5, 0.6) is 5.75 Å². The first-order chi connectivity index (χ1) is 18.6. The van der Waals surface area contributed by atoms with Gasteiger partial charge in [-0.3, -0.25) is 4.79 Å². The number of imidazole rings is 1. The van der Waals surface area contributed by atoms with Crippen LogP contribution in [0, 0.1) is 0 Å². The number of hydrogen-bond donors (Lipinski definition) is 1. The monoisotopic (exact) mass is 521 g/mol. The predicted octanol–water partition coefficient (Wildman–Crippen LogP) is 5.75. The minimum atomic E-state index is -0.851. The Bertz CT molecular complexity index is 1700. The topological polar surface area (TPSA) is 103 Å². The Balaban J connectivity index is 1.25. The van der Waals surface area contributed by atoms with Gasteiger partial charge >= 0.3 is 5.97 Å². The van der Waals surface area contributed by atoms with Crippen molar-refractivity contribution in [2.24, 2.45) is 0 Å². The van der Waals surface area contributed by atoms with Gasteiger partial charge in [-0.1, -0.05) is 36.4 Å². The third-order valence-electron chi connectivity index (χ3n) is 6.18. The van der Waals surface area contributed by atoms with Crippen molar-refractivity contribution in [2.45, 2.75) is 26.0 Å². The van der Waals surface area contributed by atoms with Crippen LogP contribution in [0.15, 0.2) is 85.2 Å². The van der Waals surface area contributed by atoms with Crippen LogP contribution >= 0.6 is 11.3 Å². The fourth-order valence-corrected chi connectivity index (χ4v) is 5.23. The number of hydrogen-bond acceptors (Lipinski definition) is 7. The van der Waals surface area contributed by atoms with Gasteiger partial charge in [0.15, 0.2) is 5.82 Å². The van der Waals surface area contributed by atoms with E-state index in [-0.39, 0.29) is 6.42 Å². The predicted molar refractivity (Wildman–Crippen MR) is 146 cm³/mol. The number of benzene rings is 3. The highest BCUT2D eigenvalue weighted by atomic mass is 32.1. The van der Waals surface area contributed by atoms with Crippen molar-refractivity contribution in [3.8, 4) is 17.1 Å². The molecule has 0 saturated carbocycles. The molecule has 3 aromatic heterocycles. The van der Waals surface area contributed by atoms with Crippen molar-refractivity contribution in [1.82, 2.24) is 24.5 Å². The molecular formula is C29H23N5O3S. The maximum atomic E-state index is 11.3. The van der Waals surface area contributed by atoms with Crippen LogP contribution in [0.4, 0.5) is 0 Å². The second-order valence-corrected chi connectivity index (χ2v) is 9.91. The smallest absolute Gasteiger partial charge is 0.303 e. The number of carboxylic acid groups (broad SMARTS) is 1. The molecule has 3 aromatic carbocycles. The fourth-order valence-electron chi connectivity index (χ4n) is 4.35. The normalized spacial score (nSPS) is 11.3. The van der Waals surface area contributed by atoms with E-state index in [1.165, 1.54) is 0 Å². The van der Waals surface area contributed by atoms with E-state index in [1.807, 2.05) is 60.7 Å². The molecule has 0 bridgehead atoms. The highest BCUT2D eigenvalue weighted by Gasteiger charge is 2.14. The molecule has 8 nitrogen and oxygen atoms in total. The summed E-state index contributed by atoms with van der Waals surface area (Å²) < 4.78 is 9.25. The number of fused-ring (bicyclic) bond motifs is 2. The van der Waals surface area contributed by atoms with Crippen LogP contribution < -0.4 is 4.74 Å². The quantitative estimate of drug-likeness (QED) is 0.258. The average molecular weight is 522 g/mol. The van der Waals surface area contributed by atoms with Gasteiger partial charge in [-0.25, -0.2) is 19.9 Å². The summed E-state index contributed by atoms with van der Waals surface area (Å²) in [5.74, 6) is 1.24. The summed E-state index contributed by atoms with van der Waals surface area (Å²) >= 11 is 1.62. The zero-order valence-electron chi connectivity index (χ0n) is 20.3. The van der Waals surface area contributed by atoms with Crippen molar-refractivity contribution in [2.75, 3.05) is 0 Å². The summed E-state index contributed by atoms with van der Waals surface area (Å²) in [7, 11) is 0. The fraction of sp³-hybridized carbons (Fsp3) is 0.138. The van der Waals surface area contributed by atoms with E-state index in [9.17, 15) is 9.90 Å². The van der Waals surface area contributed by atoms with E-state index in [2.05, 4.69) is 25.6 Å². The Hall–Kier alpha value is -4.63. The van der Waals surface area contributed by atoms with E-state index < -0.39 is 5.97 Å². The van der Waals surface area contributed by atoms with Gasteiger partial charge < -0.3 is 14.4 Å². The van der Waals surface area contributed by atoms with Gasteiger partial charge in [-0.15, -0.1) is 11.3 Å². The standard InChI is InChI=1S/C29H23N5O3S/c35-28(36)13-12-26-32-23-16-21(37-18-27-33-22-4-1-2-5-25(22)38-27)10-11-24(23)34(26)17-19-6-8-20(9-7-19)29-30-14-3-15-31-29/h1-11,14-16H,12-13,17-18H2,(H,35,36). The first-order valence-corrected chi connectivity index (χ1v) is 13.0. The van der Waals surface area contributed by atoms with Gasteiger partial charge in [0.25, 0.3) is 0 Å². The lowest BCUT2D eigenvalue weighted by atomic mass is 10.1. The summed E-state index contributed by atoms with van der Waals surface area (Å²) in [5, 5.41) is 10.2. The van der Waals surface area contributed by atoms with Crippen LogP contribution in [0.3, 0.4) is 0 Å². The van der Waals surface area contributed by atoms with E-state index >= 15 is 0 Å². The molecule has 0 aliphatic carbocycles. The number of para-hydroxylation sites is 1. The van der Waals surface area contributed by atoms with Crippen LogP contribution in [0.25, 0.3) is 32.6 Å². The summed E-state index contributed by atoms with van der Waals surface area (Å²) in [6.45, 7) is 0.933. The molecule has 0 spiro atoms. The number of carbonyl (C=O) groups is 1. The van der Waals surface area contributed by atoms with E-state index in [0.29, 0.717) is 31.1 Å². The van der Waals surface area contributed by atoms with E-state index in [1.54, 1.807) is 29.8 Å². The molecular weight excluding hydrogens is 498 g/mol. The first-order valence-electron chi connectivity index (χ1n) is 12.2. The third-order valence-corrected chi connectivity index (χ3v) is 7.19. The van der Waals surface area contributed by atoms with Crippen molar-refractivity contribution >= 4 is 38.6 Å². The molecule has 0 atom stereocenters. The lowest BCUT2D eigenvalue weighted by molar-refractivity contribution is -0.137. The molecule has 9 heteroatoms. The lowest BCUT2D eigenvalue weighted by Gasteiger charge is -2.10. The second-order valence-electron chi connectivity index (χ2n) is 8.79. The highest BCUT2D eigenvalue weighted by molar-refractivity contribution is 7.18. The molecule has 6 aromatic rings. The number of nitrogens with zero attached hydrogens (tertiary/aromatic N) is 5. The molecule has 0 fully saturated rings. The number of aromatic nitrogens is 5. The number of aryl methyl sites for hydroxylation is 1. The summed E-state index contributed by atoms with van der Waals surface area (Å²) in [6.07, 6.45) is 3.79. The highest BCUT2D eigenvalue weighted by Crippen LogP contribution is 2.27. The number of carboxylic acids is 1. The molecule has 38 heavy (non-hydrogen) atoms. The molecule has 188 valence electrons. The molecule has 0 radical (unpaired) electrons. The summed E-state index contributed by atoms with van der Waals surface area (Å²) in [5.41, 5.74) is 4.66. The largest absolute Gasteiger partial charge is 0.486 e. The molecule has 0 aliphatic heterocycles. The maximum Gasteiger partial charge on any atom is 0.303 e. The molecule has 0 unspecified atom stereocenters. The molecule has 1 N–H and O–H groups in total. The van der Waals surface area contributed by atoms with Gasteiger partial charge in [0.05, 0.1) is 27.7 Å². The number of thiazole rings is 1. The van der Waals surface area contributed by atoms with Gasteiger partial charge in [-0.05, 0) is 35.9 Å². The Morgan fingerprint density at radius 2 is 1.74 bits per heavy atom. The van der Waals surface area contributed by atoms with Crippen molar-refractivity contribution in [1.29, 1.82) is 0 Å². The molecule has 6 rings (SSSR count). The lowest BCUT2D eigenvalue weighted by Crippen LogP contribution is -2.08. The summed E-state index contributed by atoms with van der Waals surface area (Å²) in [6, 6.07) is 23.7. The van der Waals surface area contributed by atoms with Crippen molar-refractivity contribution in [3.05, 3.63) is 102 Å². The number of aliphatic carboxylic acids is 1. The Labute approximate surface area is 222 Å². The van der Waals surface area contributed by atoms with Gasteiger partial charge in [0.2, 0.25) is 0 Å². The number of ether oxygens (including phenoxy) is 1. The zero-order valence-corrected chi connectivity index (χ0v) is 21.1. The second kappa shape index (κ2) is 10.4. The van der Waals surface area contributed by atoms with Gasteiger partial charge in [0.1, 0.15) is 23.2 Å². The van der Waals surface area contributed by atoms with Gasteiger partial charge in [0, 0.05) is 37.0 Å². The van der Waals surface area contributed by atoms with Gasteiger partial charge in [-0.2, -0.15) is 0 Å². The van der Waals surface area contributed by atoms with Crippen LogP contribution in [-0.2, 0) is 24.4 Å². The van der Waals surface area contributed by atoms with E-state index in [0.717, 1.165) is 43.2 Å². The Kier molecular flexibility index (Phi) is 6.49. The molecule has 0 aliphatic rings. The van der Waals surface area contributed by atoms with Crippen LogP contribution in [0.2, 0.25) is 0 Å². The Morgan fingerprint density at radius 1 is 0.921 bits per heavy atom. The average Bonchev–Trinajstić information content (AvgIpc) is 3.52. The first kappa shape index (κ1) is 23.7.